The topological polar surface area (TPSA) is 24.9 Å². The molecule has 4 nitrogen and oxygen atoms in total. The molecule has 0 bridgehead atoms. The molecule has 0 saturated carbocycles. The summed E-state index contributed by atoms with van der Waals surface area (Å²) in [6.45, 7) is 5.67. The summed E-state index contributed by atoms with van der Waals surface area (Å²) in [6.07, 6.45) is 8.87. The predicted molar refractivity (Wildman–Crippen MR) is 111 cm³/mol. The number of likely N-dealkylation sites (tertiary alicyclic amines) is 1. The normalized spacial score (nSPS) is 17.2. The average Bonchev–Trinajstić information content (AvgIpc) is 3.42. The highest BCUT2D eigenvalue weighted by Crippen LogP contribution is 2.23. The van der Waals surface area contributed by atoms with Gasteiger partial charge in [0.05, 0.1) is 0 Å². The van der Waals surface area contributed by atoms with Crippen LogP contribution in [0.4, 0.5) is 5.69 Å². The van der Waals surface area contributed by atoms with Crippen LogP contribution in [-0.4, -0.2) is 37.7 Å². The van der Waals surface area contributed by atoms with Crippen molar-refractivity contribution in [2.75, 3.05) is 37.7 Å². The molecule has 1 aromatic heterocycles. The van der Waals surface area contributed by atoms with Crippen LogP contribution < -0.4 is 9.64 Å². The van der Waals surface area contributed by atoms with E-state index in [-0.39, 0.29) is 0 Å². The van der Waals surface area contributed by atoms with Gasteiger partial charge >= 0.3 is 0 Å². The molecule has 0 spiro atoms. The van der Waals surface area contributed by atoms with Crippen molar-refractivity contribution in [3.8, 4) is 5.75 Å². The largest absolute Gasteiger partial charge is 0.492 e. The molecule has 27 heavy (non-hydrogen) atoms. The molecule has 1 fully saturated rings. The summed E-state index contributed by atoms with van der Waals surface area (Å²) in [6, 6.07) is 12.5. The highest BCUT2D eigenvalue weighted by atomic mass is 32.1. The van der Waals surface area contributed by atoms with E-state index in [2.05, 4.69) is 63.9 Å². The van der Waals surface area contributed by atoms with Crippen LogP contribution in [0.25, 0.3) is 0 Å². The summed E-state index contributed by atoms with van der Waals surface area (Å²) < 4.78 is 11.7. The van der Waals surface area contributed by atoms with Crippen LogP contribution >= 0.6 is 11.3 Å². The van der Waals surface area contributed by atoms with Crippen molar-refractivity contribution in [2.24, 2.45) is 0 Å². The van der Waals surface area contributed by atoms with Gasteiger partial charge in [-0.25, -0.2) is 0 Å². The van der Waals surface area contributed by atoms with Gasteiger partial charge in [0.15, 0.2) is 0 Å². The highest BCUT2D eigenvalue weighted by Gasteiger charge is 2.11. The number of hydrogen-bond acceptors (Lipinski definition) is 5. The average molecular weight is 383 g/mol. The van der Waals surface area contributed by atoms with Gasteiger partial charge in [0.25, 0.3) is 0 Å². The maximum absolute atomic E-state index is 5.89. The zero-order valence-electron chi connectivity index (χ0n) is 15.5. The molecule has 1 aromatic carbocycles. The van der Waals surface area contributed by atoms with Gasteiger partial charge in [-0.15, -0.1) is 11.3 Å². The first kappa shape index (κ1) is 18.1. The van der Waals surface area contributed by atoms with Crippen LogP contribution in [0.2, 0.25) is 0 Å². The van der Waals surface area contributed by atoms with E-state index < -0.39 is 0 Å². The Morgan fingerprint density at radius 2 is 1.85 bits per heavy atom. The van der Waals surface area contributed by atoms with E-state index in [0.29, 0.717) is 6.61 Å². The molecule has 0 atom stereocenters. The first-order chi connectivity index (χ1) is 13.4. The number of hydrogen-bond donors (Lipinski definition) is 0. The number of anilines is 1. The van der Waals surface area contributed by atoms with E-state index in [1.807, 2.05) is 6.08 Å². The second-order valence-corrected chi connectivity index (χ2v) is 7.87. The number of allylic oxidation sites excluding steroid dienone is 1. The summed E-state index contributed by atoms with van der Waals surface area (Å²) in [7, 11) is 0. The van der Waals surface area contributed by atoms with E-state index in [9.17, 15) is 0 Å². The Labute approximate surface area is 165 Å². The molecular weight excluding hydrogens is 356 g/mol. The molecule has 0 N–H and O–H groups in total. The fourth-order valence-corrected chi connectivity index (χ4v) is 3.98. The maximum atomic E-state index is 5.89. The molecule has 2 aliphatic rings. The van der Waals surface area contributed by atoms with Gasteiger partial charge in [0.2, 0.25) is 0 Å². The predicted octanol–water partition coefficient (Wildman–Crippen LogP) is 4.66. The van der Waals surface area contributed by atoms with Crippen LogP contribution in [0.3, 0.4) is 0 Å². The third kappa shape index (κ3) is 5.15. The minimum Gasteiger partial charge on any atom is -0.492 e. The monoisotopic (exact) mass is 382 g/mol. The number of thiophene rings is 1. The van der Waals surface area contributed by atoms with Gasteiger partial charge in [0.1, 0.15) is 24.7 Å². The number of ether oxygens (including phenoxy) is 2. The molecule has 0 unspecified atom stereocenters. The van der Waals surface area contributed by atoms with Crippen LogP contribution in [0.1, 0.15) is 17.7 Å². The number of rotatable bonds is 8. The van der Waals surface area contributed by atoms with Crippen LogP contribution in [0.15, 0.2) is 65.9 Å². The van der Waals surface area contributed by atoms with Crippen LogP contribution in [-0.2, 0) is 11.3 Å². The van der Waals surface area contributed by atoms with E-state index in [1.165, 1.54) is 30.8 Å². The quantitative estimate of drug-likeness (QED) is 0.663. The minimum atomic E-state index is 0.636. The Kier molecular flexibility index (Phi) is 6.12. The number of nitrogens with zero attached hydrogens (tertiary/aromatic N) is 2. The van der Waals surface area contributed by atoms with Gasteiger partial charge in [-0.1, -0.05) is 6.07 Å². The molecule has 3 heterocycles. The summed E-state index contributed by atoms with van der Waals surface area (Å²) in [5.41, 5.74) is 1.16. The molecule has 0 aliphatic carbocycles. The molecular formula is C22H26N2O2S. The fraction of sp³-hybridized carbons (Fsp3) is 0.364. The zero-order valence-corrected chi connectivity index (χ0v) is 16.4. The second-order valence-electron chi connectivity index (χ2n) is 6.83. The van der Waals surface area contributed by atoms with Crippen molar-refractivity contribution in [1.82, 2.24) is 4.90 Å². The first-order valence-corrected chi connectivity index (χ1v) is 10.5. The smallest absolute Gasteiger partial charge is 0.122 e. The van der Waals surface area contributed by atoms with Crippen molar-refractivity contribution in [2.45, 2.75) is 19.4 Å². The van der Waals surface area contributed by atoms with Crippen LogP contribution in [0.5, 0.6) is 5.75 Å². The van der Waals surface area contributed by atoms with Crippen molar-refractivity contribution < 1.29 is 9.47 Å². The van der Waals surface area contributed by atoms with E-state index in [4.69, 9.17) is 9.47 Å². The van der Waals surface area contributed by atoms with Crippen LogP contribution in [0, 0.1) is 0 Å². The third-order valence-electron chi connectivity index (χ3n) is 4.91. The fourth-order valence-electron chi connectivity index (χ4n) is 3.36. The lowest BCUT2D eigenvalue weighted by molar-refractivity contribution is 0.212. The summed E-state index contributed by atoms with van der Waals surface area (Å²) in [5.74, 6) is 1.87. The molecule has 1 saturated heterocycles. The van der Waals surface area contributed by atoms with Crippen molar-refractivity contribution in [1.29, 1.82) is 0 Å². The molecule has 142 valence electrons. The number of benzene rings is 1. The summed E-state index contributed by atoms with van der Waals surface area (Å²) in [4.78, 5) is 5.91. The van der Waals surface area contributed by atoms with Gasteiger partial charge in [0, 0.05) is 29.9 Å². The molecule has 4 rings (SSSR count). The standard InChI is InChI=1S/C22H26N2O2S/c1-2-12-23(11-1)15-16-25-20-7-5-19(6-8-20)24-13-9-21(10-14-24)26-18-22-4-3-17-27-22/h3-10,13,17H,1-2,11-12,14-16,18H2. The lowest BCUT2D eigenvalue weighted by Crippen LogP contribution is -2.25. The molecule has 0 radical (unpaired) electrons. The Morgan fingerprint density at radius 1 is 1.00 bits per heavy atom. The van der Waals surface area contributed by atoms with Gasteiger partial charge in [-0.05, 0) is 73.8 Å². The van der Waals surface area contributed by atoms with E-state index in [1.54, 1.807) is 11.3 Å². The van der Waals surface area contributed by atoms with Crippen molar-refractivity contribution in [3.05, 3.63) is 70.8 Å². The lowest BCUT2D eigenvalue weighted by atomic mass is 10.2. The van der Waals surface area contributed by atoms with Crippen molar-refractivity contribution >= 4 is 17.0 Å². The molecule has 2 aliphatic heterocycles. The Bertz CT molecular complexity index is 762. The molecule has 0 amide bonds. The highest BCUT2D eigenvalue weighted by molar-refractivity contribution is 7.09. The first-order valence-electron chi connectivity index (χ1n) is 9.62. The zero-order chi connectivity index (χ0) is 18.3. The molecule has 2 aromatic rings. The third-order valence-corrected chi connectivity index (χ3v) is 5.76. The van der Waals surface area contributed by atoms with Gasteiger partial charge in [-0.2, -0.15) is 0 Å². The van der Waals surface area contributed by atoms with E-state index in [0.717, 1.165) is 36.9 Å². The maximum Gasteiger partial charge on any atom is 0.122 e. The Balaban J connectivity index is 1.22. The lowest BCUT2D eigenvalue weighted by Gasteiger charge is -2.23. The van der Waals surface area contributed by atoms with Crippen molar-refractivity contribution in [3.63, 3.8) is 0 Å². The van der Waals surface area contributed by atoms with Gasteiger partial charge in [-0.3, -0.25) is 4.90 Å². The molecule has 5 heteroatoms. The van der Waals surface area contributed by atoms with Gasteiger partial charge < -0.3 is 14.4 Å². The minimum absolute atomic E-state index is 0.636. The van der Waals surface area contributed by atoms with E-state index >= 15 is 0 Å². The Hall–Kier alpha value is -2.24. The Morgan fingerprint density at radius 3 is 2.56 bits per heavy atom. The second kappa shape index (κ2) is 9.11. The SMILES string of the molecule is C1=CN(c2ccc(OCCN3CCCC3)cc2)CC=C1OCc1cccs1. The summed E-state index contributed by atoms with van der Waals surface area (Å²) in [5, 5.41) is 2.07. The summed E-state index contributed by atoms with van der Waals surface area (Å²) >= 11 is 1.72.